The predicted molar refractivity (Wildman–Crippen MR) is 83.6 cm³/mol. The van der Waals surface area contributed by atoms with Gasteiger partial charge in [0.15, 0.2) is 0 Å². The van der Waals surface area contributed by atoms with E-state index in [-0.39, 0.29) is 12.5 Å². The number of rotatable bonds is 6. The molecule has 2 rings (SSSR count). The second-order valence-corrected chi connectivity index (χ2v) is 5.63. The number of nitrogens with one attached hydrogen (secondary N) is 1. The molecule has 0 spiro atoms. The number of aliphatic hydroxyl groups excluding tert-OH is 1. The Balaban J connectivity index is 1.94. The number of hydrogen-bond donors (Lipinski definition) is 2. The molecule has 0 atom stereocenters. The van der Waals surface area contributed by atoms with Gasteiger partial charge >= 0.3 is 0 Å². The number of amides is 1. The summed E-state index contributed by atoms with van der Waals surface area (Å²) < 4.78 is 5.61. The van der Waals surface area contributed by atoms with E-state index in [1.807, 2.05) is 18.2 Å². The van der Waals surface area contributed by atoms with Crippen molar-refractivity contribution in [1.29, 1.82) is 0 Å². The molecular weight excluding hydrogens is 280 g/mol. The van der Waals surface area contributed by atoms with Gasteiger partial charge in [0.2, 0.25) is 0 Å². The fourth-order valence-electron chi connectivity index (χ4n) is 1.76. The summed E-state index contributed by atoms with van der Waals surface area (Å²) in [6, 6.07) is 12.5. The van der Waals surface area contributed by atoms with Gasteiger partial charge in [-0.15, -0.1) is 0 Å². The highest BCUT2D eigenvalue weighted by Gasteiger charge is 2.19. The molecule has 1 aromatic carbocycles. The molecule has 0 aliphatic carbocycles. The second-order valence-electron chi connectivity index (χ2n) is 5.63. The summed E-state index contributed by atoms with van der Waals surface area (Å²) in [5.41, 5.74) is 0.714. The molecule has 0 saturated heterocycles. The maximum absolute atomic E-state index is 12.0. The average molecular weight is 300 g/mol. The Hall–Kier alpha value is -2.40. The molecule has 0 bridgehead atoms. The summed E-state index contributed by atoms with van der Waals surface area (Å²) in [5.74, 6) is 0.443. The minimum absolute atomic E-state index is 0.121. The quantitative estimate of drug-likeness (QED) is 0.857. The molecule has 5 heteroatoms. The van der Waals surface area contributed by atoms with Crippen LogP contribution in [0, 0.1) is 0 Å². The lowest BCUT2D eigenvalue weighted by Crippen LogP contribution is -2.46. The highest BCUT2D eigenvalue weighted by molar-refractivity contribution is 5.94. The number of pyridine rings is 1. The number of nitrogens with zero attached hydrogens (tertiary/aromatic N) is 1. The Kier molecular flexibility index (Phi) is 5.12. The molecule has 22 heavy (non-hydrogen) atoms. The first-order valence-corrected chi connectivity index (χ1v) is 7.06. The molecule has 0 saturated carbocycles. The zero-order valence-corrected chi connectivity index (χ0v) is 12.7. The SMILES string of the molecule is CC(C)(CO)NC(=O)c1ccc(OCc2ccccn2)cc1. The fourth-order valence-corrected chi connectivity index (χ4v) is 1.76. The van der Waals surface area contributed by atoms with Crippen molar-refractivity contribution in [2.24, 2.45) is 0 Å². The molecule has 2 aromatic rings. The lowest BCUT2D eigenvalue weighted by molar-refractivity contribution is 0.0869. The van der Waals surface area contributed by atoms with Crippen LogP contribution in [0.3, 0.4) is 0 Å². The number of carbonyl (C=O) groups is 1. The van der Waals surface area contributed by atoms with E-state index in [0.717, 1.165) is 5.69 Å². The lowest BCUT2D eigenvalue weighted by atomic mass is 10.1. The van der Waals surface area contributed by atoms with E-state index < -0.39 is 5.54 Å². The van der Waals surface area contributed by atoms with E-state index in [0.29, 0.717) is 17.9 Å². The number of ether oxygens (including phenoxy) is 1. The van der Waals surface area contributed by atoms with Gasteiger partial charge in [-0.05, 0) is 50.2 Å². The van der Waals surface area contributed by atoms with E-state index in [1.54, 1.807) is 44.3 Å². The molecule has 0 fully saturated rings. The van der Waals surface area contributed by atoms with Crippen molar-refractivity contribution in [2.75, 3.05) is 6.61 Å². The highest BCUT2D eigenvalue weighted by atomic mass is 16.5. The van der Waals surface area contributed by atoms with Crippen molar-refractivity contribution < 1.29 is 14.6 Å². The normalized spacial score (nSPS) is 11.0. The van der Waals surface area contributed by atoms with Crippen molar-refractivity contribution in [2.45, 2.75) is 26.0 Å². The van der Waals surface area contributed by atoms with Crippen molar-refractivity contribution in [3.05, 3.63) is 59.9 Å². The monoisotopic (exact) mass is 300 g/mol. The van der Waals surface area contributed by atoms with Crippen molar-refractivity contribution in [1.82, 2.24) is 10.3 Å². The molecule has 0 unspecified atom stereocenters. The molecule has 0 aliphatic rings. The first-order valence-electron chi connectivity index (χ1n) is 7.06. The van der Waals surface area contributed by atoms with Crippen LogP contribution in [0.2, 0.25) is 0 Å². The zero-order chi connectivity index (χ0) is 16.0. The first-order chi connectivity index (χ1) is 10.5. The van der Waals surface area contributed by atoms with Gasteiger partial charge in [-0.3, -0.25) is 9.78 Å². The smallest absolute Gasteiger partial charge is 0.251 e. The van der Waals surface area contributed by atoms with E-state index in [1.165, 1.54) is 0 Å². The third kappa shape index (κ3) is 4.56. The zero-order valence-electron chi connectivity index (χ0n) is 12.7. The predicted octanol–water partition coefficient (Wildman–Crippen LogP) is 2.16. The average Bonchev–Trinajstić information content (AvgIpc) is 2.54. The molecule has 116 valence electrons. The number of carbonyl (C=O) groups excluding carboxylic acids is 1. The van der Waals surface area contributed by atoms with Crippen molar-refractivity contribution in [3.8, 4) is 5.75 Å². The summed E-state index contributed by atoms with van der Waals surface area (Å²) in [6.07, 6.45) is 1.72. The van der Waals surface area contributed by atoms with Gasteiger partial charge in [-0.2, -0.15) is 0 Å². The first kappa shape index (κ1) is 16.0. The Morgan fingerprint density at radius 2 is 1.95 bits per heavy atom. The number of hydrogen-bond acceptors (Lipinski definition) is 4. The van der Waals surface area contributed by atoms with Gasteiger partial charge in [0.25, 0.3) is 5.91 Å². The van der Waals surface area contributed by atoms with Crippen LogP contribution in [0.25, 0.3) is 0 Å². The molecule has 0 aliphatic heterocycles. The van der Waals surface area contributed by atoms with Crippen molar-refractivity contribution in [3.63, 3.8) is 0 Å². The summed E-state index contributed by atoms with van der Waals surface area (Å²) in [4.78, 5) is 16.2. The van der Waals surface area contributed by atoms with Gasteiger partial charge in [-0.1, -0.05) is 6.07 Å². The van der Waals surface area contributed by atoms with Gasteiger partial charge in [0.1, 0.15) is 12.4 Å². The van der Waals surface area contributed by atoms with Crippen LogP contribution in [0.4, 0.5) is 0 Å². The van der Waals surface area contributed by atoms with E-state index in [4.69, 9.17) is 4.74 Å². The number of benzene rings is 1. The van der Waals surface area contributed by atoms with E-state index >= 15 is 0 Å². The minimum Gasteiger partial charge on any atom is -0.487 e. The highest BCUT2D eigenvalue weighted by Crippen LogP contribution is 2.14. The van der Waals surface area contributed by atoms with Crippen molar-refractivity contribution >= 4 is 5.91 Å². The van der Waals surface area contributed by atoms with Crippen LogP contribution in [0.1, 0.15) is 29.9 Å². The van der Waals surface area contributed by atoms with Gasteiger partial charge in [0.05, 0.1) is 17.8 Å². The Morgan fingerprint density at radius 3 is 2.55 bits per heavy atom. The Bertz CT molecular complexity index is 610. The van der Waals surface area contributed by atoms with Crippen LogP contribution in [0.5, 0.6) is 5.75 Å². The minimum atomic E-state index is -0.648. The fraction of sp³-hybridized carbons (Fsp3) is 0.294. The molecule has 2 N–H and O–H groups in total. The van der Waals surface area contributed by atoms with Gasteiger partial charge in [-0.25, -0.2) is 0 Å². The topological polar surface area (TPSA) is 71.5 Å². The Labute approximate surface area is 130 Å². The van der Waals surface area contributed by atoms with Gasteiger partial charge in [0, 0.05) is 11.8 Å². The van der Waals surface area contributed by atoms with Crippen LogP contribution in [-0.2, 0) is 6.61 Å². The summed E-state index contributed by atoms with van der Waals surface area (Å²) in [6.45, 7) is 3.78. The van der Waals surface area contributed by atoms with E-state index in [9.17, 15) is 9.90 Å². The van der Waals surface area contributed by atoms with Crippen LogP contribution in [-0.4, -0.2) is 28.1 Å². The third-order valence-electron chi connectivity index (χ3n) is 3.08. The maximum atomic E-state index is 12.0. The maximum Gasteiger partial charge on any atom is 0.251 e. The van der Waals surface area contributed by atoms with Crippen LogP contribution >= 0.6 is 0 Å². The summed E-state index contributed by atoms with van der Waals surface area (Å²) in [7, 11) is 0. The molecule has 5 nitrogen and oxygen atoms in total. The number of aromatic nitrogens is 1. The number of aliphatic hydroxyl groups is 1. The largest absolute Gasteiger partial charge is 0.487 e. The molecule has 1 heterocycles. The Morgan fingerprint density at radius 1 is 1.23 bits per heavy atom. The molecular formula is C17H20N2O3. The van der Waals surface area contributed by atoms with Crippen LogP contribution in [0.15, 0.2) is 48.7 Å². The van der Waals surface area contributed by atoms with Crippen LogP contribution < -0.4 is 10.1 Å². The molecule has 0 radical (unpaired) electrons. The summed E-state index contributed by atoms with van der Waals surface area (Å²) >= 11 is 0. The van der Waals surface area contributed by atoms with Gasteiger partial charge < -0.3 is 15.2 Å². The molecule has 1 amide bonds. The summed E-state index contributed by atoms with van der Waals surface area (Å²) in [5, 5.41) is 11.9. The second kappa shape index (κ2) is 7.04. The van der Waals surface area contributed by atoms with E-state index in [2.05, 4.69) is 10.3 Å². The standard InChI is InChI=1S/C17H20N2O3/c1-17(2,12-20)19-16(21)13-6-8-15(9-7-13)22-11-14-5-3-4-10-18-14/h3-10,20H,11-12H2,1-2H3,(H,19,21). The molecule has 1 aromatic heterocycles. The lowest BCUT2D eigenvalue weighted by Gasteiger charge is -2.23. The third-order valence-corrected chi connectivity index (χ3v) is 3.08.